The average molecular weight is 313 g/mol. The van der Waals surface area contributed by atoms with Gasteiger partial charge in [0.15, 0.2) is 0 Å². The van der Waals surface area contributed by atoms with E-state index in [0.29, 0.717) is 5.56 Å². The first-order valence-corrected chi connectivity index (χ1v) is 7.20. The van der Waals surface area contributed by atoms with E-state index in [-0.39, 0.29) is 11.7 Å². The minimum Gasteiger partial charge on any atom is -0.507 e. The molecule has 1 amide bonds. The van der Waals surface area contributed by atoms with Gasteiger partial charge in [-0.25, -0.2) is 0 Å². The van der Waals surface area contributed by atoms with Crippen molar-refractivity contribution in [2.45, 2.75) is 0 Å². The van der Waals surface area contributed by atoms with Gasteiger partial charge in [0.25, 0.3) is 5.91 Å². The Morgan fingerprint density at radius 1 is 1.22 bits per heavy atom. The zero-order valence-electron chi connectivity index (χ0n) is 10.2. The van der Waals surface area contributed by atoms with Gasteiger partial charge >= 0.3 is 0 Å². The molecule has 1 fully saturated rings. The van der Waals surface area contributed by atoms with Crippen LogP contribution in [0.1, 0.15) is 10.4 Å². The first kappa shape index (κ1) is 13.4. The van der Waals surface area contributed by atoms with Crippen LogP contribution in [0.25, 0.3) is 0 Å². The van der Waals surface area contributed by atoms with E-state index in [9.17, 15) is 9.90 Å². The lowest BCUT2D eigenvalue weighted by molar-refractivity contribution is 0.0642. The maximum Gasteiger partial charge on any atom is 0.257 e. The summed E-state index contributed by atoms with van der Waals surface area (Å²) in [6.07, 6.45) is 0. The average Bonchev–Trinajstić information content (AvgIpc) is 2.40. The molecule has 0 bridgehead atoms. The van der Waals surface area contributed by atoms with Crippen LogP contribution in [0.2, 0.25) is 0 Å². The van der Waals surface area contributed by atoms with Crippen molar-refractivity contribution in [2.24, 2.45) is 0 Å². The van der Waals surface area contributed by atoms with E-state index in [1.54, 1.807) is 29.2 Å². The highest BCUT2D eigenvalue weighted by atomic mass is 79.9. The second-order valence-corrected chi connectivity index (χ2v) is 5.13. The summed E-state index contributed by atoms with van der Waals surface area (Å²) in [6.45, 7) is 4.24. The van der Waals surface area contributed by atoms with Crippen LogP contribution in [0.3, 0.4) is 0 Å². The van der Waals surface area contributed by atoms with Gasteiger partial charge in [0.05, 0.1) is 5.56 Å². The van der Waals surface area contributed by atoms with Crippen molar-refractivity contribution in [2.75, 3.05) is 38.1 Å². The second kappa shape index (κ2) is 6.20. The first-order valence-electron chi connectivity index (χ1n) is 6.08. The molecule has 5 heteroatoms. The molecule has 1 heterocycles. The number of benzene rings is 1. The normalized spacial score (nSPS) is 16.8. The highest BCUT2D eigenvalue weighted by molar-refractivity contribution is 9.09. The van der Waals surface area contributed by atoms with Crippen molar-refractivity contribution >= 4 is 21.8 Å². The Morgan fingerprint density at radius 2 is 1.89 bits per heavy atom. The van der Waals surface area contributed by atoms with Gasteiger partial charge in [0.1, 0.15) is 5.75 Å². The Labute approximate surface area is 115 Å². The number of piperazine rings is 1. The molecule has 0 aromatic heterocycles. The maximum atomic E-state index is 12.2. The minimum atomic E-state index is -0.0772. The molecule has 2 rings (SSSR count). The van der Waals surface area contributed by atoms with E-state index in [1.165, 1.54) is 0 Å². The second-order valence-electron chi connectivity index (χ2n) is 4.34. The molecule has 1 saturated heterocycles. The summed E-state index contributed by atoms with van der Waals surface area (Å²) in [5.41, 5.74) is 0.395. The molecule has 1 aliphatic heterocycles. The molecule has 0 atom stereocenters. The Morgan fingerprint density at radius 3 is 2.50 bits per heavy atom. The van der Waals surface area contributed by atoms with E-state index in [0.717, 1.165) is 38.1 Å². The zero-order valence-corrected chi connectivity index (χ0v) is 11.8. The van der Waals surface area contributed by atoms with Crippen molar-refractivity contribution in [1.29, 1.82) is 0 Å². The van der Waals surface area contributed by atoms with Crippen LogP contribution in [0, 0.1) is 0 Å². The van der Waals surface area contributed by atoms with Gasteiger partial charge in [0, 0.05) is 38.1 Å². The van der Waals surface area contributed by atoms with Crippen LogP contribution in [0.5, 0.6) is 5.75 Å². The number of hydrogen-bond donors (Lipinski definition) is 1. The molecule has 1 aliphatic rings. The Bertz CT molecular complexity index is 417. The Hall–Kier alpha value is -1.07. The summed E-state index contributed by atoms with van der Waals surface area (Å²) in [5, 5.41) is 10.6. The zero-order chi connectivity index (χ0) is 13.0. The molecule has 98 valence electrons. The van der Waals surface area contributed by atoms with E-state index in [1.807, 2.05) is 0 Å². The highest BCUT2D eigenvalue weighted by Gasteiger charge is 2.23. The molecule has 1 aromatic rings. The van der Waals surface area contributed by atoms with Crippen molar-refractivity contribution in [3.8, 4) is 5.75 Å². The molecule has 4 nitrogen and oxygen atoms in total. The lowest BCUT2D eigenvalue weighted by Gasteiger charge is -2.34. The lowest BCUT2D eigenvalue weighted by Crippen LogP contribution is -2.49. The third-order valence-electron chi connectivity index (χ3n) is 3.19. The number of carbonyl (C=O) groups excluding carboxylic acids is 1. The largest absolute Gasteiger partial charge is 0.507 e. The number of carbonyl (C=O) groups is 1. The number of halogens is 1. The topological polar surface area (TPSA) is 43.8 Å². The van der Waals surface area contributed by atoms with Gasteiger partial charge in [-0.05, 0) is 12.1 Å². The first-order chi connectivity index (χ1) is 8.72. The summed E-state index contributed by atoms with van der Waals surface area (Å²) in [4.78, 5) is 16.4. The SMILES string of the molecule is O=C(c1ccccc1O)N1CCN(CCBr)CC1. The van der Waals surface area contributed by atoms with Crippen molar-refractivity contribution < 1.29 is 9.90 Å². The van der Waals surface area contributed by atoms with Gasteiger partial charge in [-0.1, -0.05) is 28.1 Å². The smallest absolute Gasteiger partial charge is 0.257 e. The van der Waals surface area contributed by atoms with Gasteiger partial charge in [0.2, 0.25) is 0 Å². The van der Waals surface area contributed by atoms with Crippen LogP contribution in [-0.2, 0) is 0 Å². The third-order valence-corrected chi connectivity index (χ3v) is 3.55. The van der Waals surface area contributed by atoms with Crippen LogP contribution in [0.4, 0.5) is 0 Å². The lowest BCUT2D eigenvalue weighted by atomic mass is 10.1. The van der Waals surface area contributed by atoms with E-state index >= 15 is 0 Å². The monoisotopic (exact) mass is 312 g/mol. The van der Waals surface area contributed by atoms with Gasteiger partial charge in [-0.2, -0.15) is 0 Å². The fourth-order valence-electron chi connectivity index (χ4n) is 2.12. The molecule has 0 radical (unpaired) electrons. The van der Waals surface area contributed by atoms with Gasteiger partial charge < -0.3 is 10.0 Å². The quantitative estimate of drug-likeness (QED) is 0.861. The molecule has 0 spiro atoms. The molecule has 18 heavy (non-hydrogen) atoms. The number of phenolic OH excluding ortho intramolecular Hbond substituents is 1. The van der Waals surface area contributed by atoms with Crippen LogP contribution in [0.15, 0.2) is 24.3 Å². The fraction of sp³-hybridized carbons (Fsp3) is 0.462. The number of para-hydroxylation sites is 1. The number of aromatic hydroxyl groups is 1. The number of hydrogen-bond acceptors (Lipinski definition) is 3. The summed E-state index contributed by atoms with van der Waals surface area (Å²) in [6, 6.07) is 6.71. The molecule has 0 saturated carbocycles. The van der Waals surface area contributed by atoms with E-state index in [4.69, 9.17) is 0 Å². The fourth-order valence-corrected chi connectivity index (χ4v) is 2.62. The van der Waals surface area contributed by atoms with Crippen molar-refractivity contribution in [3.05, 3.63) is 29.8 Å². The van der Waals surface area contributed by atoms with Crippen LogP contribution < -0.4 is 0 Å². The van der Waals surface area contributed by atoms with E-state index in [2.05, 4.69) is 20.8 Å². The van der Waals surface area contributed by atoms with Gasteiger partial charge in [-0.3, -0.25) is 9.69 Å². The number of amides is 1. The summed E-state index contributed by atoms with van der Waals surface area (Å²) in [5.74, 6) is -0.0167. The van der Waals surface area contributed by atoms with Gasteiger partial charge in [-0.15, -0.1) is 0 Å². The number of nitrogens with zero attached hydrogens (tertiary/aromatic N) is 2. The van der Waals surface area contributed by atoms with E-state index < -0.39 is 0 Å². The Kier molecular flexibility index (Phi) is 4.60. The molecule has 1 aromatic carbocycles. The summed E-state index contributed by atoms with van der Waals surface area (Å²) in [7, 11) is 0. The van der Waals surface area contributed by atoms with Crippen molar-refractivity contribution in [3.63, 3.8) is 0 Å². The molecule has 1 N–H and O–H groups in total. The Balaban J connectivity index is 1.98. The molecule has 0 aliphatic carbocycles. The molecule has 0 unspecified atom stereocenters. The maximum absolute atomic E-state index is 12.2. The van der Waals surface area contributed by atoms with Crippen LogP contribution >= 0.6 is 15.9 Å². The predicted molar refractivity (Wildman–Crippen MR) is 74.2 cm³/mol. The summed E-state index contributed by atoms with van der Waals surface area (Å²) < 4.78 is 0. The highest BCUT2D eigenvalue weighted by Crippen LogP contribution is 2.18. The predicted octanol–water partition coefficient (Wildman–Crippen LogP) is 1.54. The number of rotatable bonds is 3. The number of alkyl halides is 1. The molecular weight excluding hydrogens is 296 g/mol. The number of phenols is 1. The van der Waals surface area contributed by atoms with Crippen LogP contribution in [-0.4, -0.2) is 58.9 Å². The van der Waals surface area contributed by atoms with Crippen molar-refractivity contribution in [1.82, 2.24) is 9.80 Å². The third kappa shape index (κ3) is 3.03. The minimum absolute atomic E-state index is 0.0605. The summed E-state index contributed by atoms with van der Waals surface area (Å²) >= 11 is 3.42. The molecular formula is C13H17BrN2O2. The standard InChI is InChI=1S/C13H17BrN2O2/c14-5-6-15-7-9-16(10-8-15)13(18)11-3-1-2-4-12(11)17/h1-4,17H,5-10H2.